The molecule has 0 fully saturated rings. The Morgan fingerprint density at radius 2 is 2.00 bits per heavy atom. The number of likely N-dealkylation sites (N-methyl/N-ethyl adjacent to an activating group) is 1. The summed E-state index contributed by atoms with van der Waals surface area (Å²) < 4.78 is 5.25. The van der Waals surface area contributed by atoms with Crippen LogP contribution in [0.25, 0.3) is 11.5 Å². The average molecular weight is 329 g/mol. The third-order valence-corrected chi connectivity index (χ3v) is 3.83. The van der Waals surface area contributed by atoms with E-state index in [-0.39, 0.29) is 6.04 Å². The van der Waals surface area contributed by atoms with Gasteiger partial charge in [0.05, 0.1) is 16.6 Å². The number of rotatable bonds is 6. The fourth-order valence-corrected chi connectivity index (χ4v) is 2.49. The van der Waals surface area contributed by atoms with Crippen molar-refractivity contribution in [2.45, 2.75) is 19.9 Å². The number of aromatic nitrogens is 2. The van der Waals surface area contributed by atoms with Crippen LogP contribution in [0.1, 0.15) is 25.7 Å². The standard InChI is InChI=1S/C14H18Cl2N4O/c1-3-20(4-2)8-12(17)13-18-14(21-19-13)10-6-5-9(15)7-11(10)16/h5-7,12H,3-4,8,17H2,1-2H3. The van der Waals surface area contributed by atoms with Gasteiger partial charge >= 0.3 is 0 Å². The van der Waals surface area contributed by atoms with Crippen LogP contribution >= 0.6 is 23.2 Å². The van der Waals surface area contributed by atoms with E-state index in [4.69, 9.17) is 33.5 Å². The van der Waals surface area contributed by atoms with Gasteiger partial charge in [0, 0.05) is 11.6 Å². The molecule has 0 aliphatic heterocycles. The summed E-state index contributed by atoms with van der Waals surface area (Å²) in [5, 5.41) is 4.97. The summed E-state index contributed by atoms with van der Waals surface area (Å²) in [6.07, 6.45) is 0. The van der Waals surface area contributed by atoms with Crippen LogP contribution in [-0.2, 0) is 0 Å². The maximum absolute atomic E-state index is 6.13. The number of nitrogens with two attached hydrogens (primary N) is 1. The van der Waals surface area contributed by atoms with Crippen LogP contribution in [0.4, 0.5) is 0 Å². The SMILES string of the molecule is CCN(CC)CC(N)c1noc(-c2ccc(Cl)cc2Cl)n1. The van der Waals surface area contributed by atoms with E-state index in [1.165, 1.54) is 0 Å². The fourth-order valence-electron chi connectivity index (χ4n) is 2.00. The van der Waals surface area contributed by atoms with Crippen molar-refractivity contribution in [3.05, 3.63) is 34.1 Å². The lowest BCUT2D eigenvalue weighted by atomic mass is 10.2. The van der Waals surface area contributed by atoms with Crippen molar-refractivity contribution in [2.75, 3.05) is 19.6 Å². The molecular weight excluding hydrogens is 311 g/mol. The molecule has 0 radical (unpaired) electrons. The fraction of sp³-hybridized carbons (Fsp3) is 0.429. The van der Waals surface area contributed by atoms with Crippen LogP contribution in [-0.4, -0.2) is 34.7 Å². The molecule has 2 aromatic rings. The van der Waals surface area contributed by atoms with Gasteiger partial charge in [-0.1, -0.05) is 42.2 Å². The molecule has 5 nitrogen and oxygen atoms in total. The van der Waals surface area contributed by atoms with E-state index in [9.17, 15) is 0 Å². The van der Waals surface area contributed by atoms with Crippen molar-refractivity contribution in [3.8, 4) is 11.5 Å². The van der Waals surface area contributed by atoms with Gasteiger partial charge < -0.3 is 15.2 Å². The van der Waals surface area contributed by atoms with E-state index in [1.807, 2.05) is 0 Å². The largest absolute Gasteiger partial charge is 0.334 e. The zero-order chi connectivity index (χ0) is 15.4. The molecule has 7 heteroatoms. The van der Waals surface area contributed by atoms with Crippen LogP contribution in [0.3, 0.4) is 0 Å². The molecule has 0 saturated carbocycles. The third-order valence-electron chi connectivity index (χ3n) is 3.28. The van der Waals surface area contributed by atoms with Gasteiger partial charge in [-0.2, -0.15) is 4.98 Å². The highest BCUT2D eigenvalue weighted by molar-refractivity contribution is 6.36. The van der Waals surface area contributed by atoms with Gasteiger partial charge in [-0.25, -0.2) is 0 Å². The van der Waals surface area contributed by atoms with Crippen molar-refractivity contribution in [3.63, 3.8) is 0 Å². The van der Waals surface area contributed by atoms with Crippen molar-refractivity contribution >= 4 is 23.2 Å². The Morgan fingerprint density at radius 1 is 1.29 bits per heavy atom. The number of hydrogen-bond donors (Lipinski definition) is 1. The van der Waals surface area contributed by atoms with Gasteiger partial charge in [0.1, 0.15) is 0 Å². The maximum atomic E-state index is 6.13. The molecule has 1 unspecified atom stereocenters. The molecule has 1 heterocycles. The topological polar surface area (TPSA) is 68.2 Å². The summed E-state index contributed by atoms with van der Waals surface area (Å²) in [4.78, 5) is 6.54. The predicted molar refractivity (Wildman–Crippen MR) is 84.5 cm³/mol. The van der Waals surface area contributed by atoms with Crippen LogP contribution in [0.15, 0.2) is 22.7 Å². The minimum absolute atomic E-state index is 0.298. The van der Waals surface area contributed by atoms with Crippen LogP contribution < -0.4 is 5.73 Å². The summed E-state index contributed by atoms with van der Waals surface area (Å²) in [6.45, 7) is 6.72. The Morgan fingerprint density at radius 3 is 2.62 bits per heavy atom. The Labute approximate surface area is 134 Å². The minimum Gasteiger partial charge on any atom is -0.334 e. The van der Waals surface area contributed by atoms with E-state index in [1.54, 1.807) is 18.2 Å². The first kappa shape index (κ1) is 16.2. The predicted octanol–water partition coefficient (Wildman–Crippen LogP) is 3.39. The van der Waals surface area contributed by atoms with E-state index < -0.39 is 0 Å². The van der Waals surface area contributed by atoms with Crippen molar-refractivity contribution in [2.24, 2.45) is 5.73 Å². The summed E-state index contributed by atoms with van der Waals surface area (Å²) >= 11 is 12.0. The molecular formula is C14H18Cl2N4O. The van der Waals surface area contributed by atoms with Gasteiger partial charge in [0.25, 0.3) is 5.89 Å². The first-order chi connectivity index (χ1) is 10.0. The number of nitrogens with zero attached hydrogens (tertiary/aromatic N) is 3. The molecule has 1 atom stereocenters. The van der Waals surface area contributed by atoms with Crippen molar-refractivity contribution < 1.29 is 4.52 Å². The molecule has 0 spiro atoms. The zero-order valence-corrected chi connectivity index (χ0v) is 13.5. The minimum atomic E-state index is -0.298. The maximum Gasteiger partial charge on any atom is 0.259 e. The van der Waals surface area contributed by atoms with Crippen LogP contribution in [0.5, 0.6) is 0 Å². The van der Waals surface area contributed by atoms with Crippen molar-refractivity contribution in [1.29, 1.82) is 0 Å². The lowest BCUT2D eigenvalue weighted by Crippen LogP contribution is -2.32. The normalized spacial score (nSPS) is 12.9. The Kier molecular flexibility index (Phi) is 5.58. The molecule has 0 aliphatic carbocycles. The molecule has 1 aromatic heterocycles. The number of benzene rings is 1. The van der Waals surface area contributed by atoms with Gasteiger partial charge in [0.15, 0.2) is 5.82 Å². The molecule has 0 amide bonds. The number of hydrogen-bond acceptors (Lipinski definition) is 5. The van der Waals surface area contributed by atoms with Crippen LogP contribution in [0, 0.1) is 0 Å². The van der Waals surface area contributed by atoms with E-state index in [0.29, 0.717) is 33.9 Å². The zero-order valence-electron chi connectivity index (χ0n) is 12.0. The molecule has 2 rings (SSSR count). The van der Waals surface area contributed by atoms with E-state index >= 15 is 0 Å². The summed E-state index contributed by atoms with van der Waals surface area (Å²) in [7, 11) is 0. The molecule has 2 N–H and O–H groups in total. The molecule has 21 heavy (non-hydrogen) atoms. The highest BCUT2D eigenvalue weighted by Gasteiger charge is 2.18. The van der Waals surface area contributed by atoms with Gasteiger partial charge in [0.2, 0.25) is 0 Å². The smallest absolute Gasteiger partial charge is 0.259 e. The quantitative estimate of drug-likeness (QED) is 0.880. The first-order valence-corrected chi connectivity index (χ1v) is 7.57. The van der Waals surface area contributed by atoms with Gasteiger partial charge in [-0.05, 0) is 31.3 Å². The summed E-state index contributed by atoms with van der Waals surface area (Å²) in [6, 6.07) is 4.81. The lowest BCUT2D eigenvalue weighted by molar-refractivity contribution is 0.278. The van der Waals surface area contributed by atoms with E-state index in [2.05, 4.69) is 28.9 Å². The van der Waals surface area contributed by atoms with Gasteiger partial charge in [-0.15, -0.1) is 0 Å². The summed E-state index contributed by atoms with van der Waals surface area (Å²) in [5.41, 5.74) is 6.77. The molecule has 114 valence electrons. The first-order valence-electron chi connectivity index (χ1n) is 6.82. The molecule has 1 aromatic carbocycles. The van der Waals surface area contributed by atoms with Gasteiger partial charge in [-0.3, -0.25) is 0 Å². The molecule has 0 aliphatic rings. The Hall–Kier alpha value is -1.14. The van der Waals surface area contributed by atoms with Crippen LogP contribution in [0.2, 0.25) is 10.0 Å². The molecule has 0 saturated heterocycles. The summed E-state index contributed by atoms with van der Waals surface area (Å²) in [5.74, 6) is 0.824. The Bertz CT molecular complexity index is 598. The highest BCUT2D eigenvalue weighted by Crippen LogP contribution is 2.29. The monoisotopic (exact) mass is 328 g/mol. The Balaban J connectivity index is 2.17. The molecule has 0 bridgehead atoms. The second-order valence-corrected chi connectivity index (χ2v) is 5.52. The number of halogens is 2. The van der Waals surface area contributed by atoms with E-state index in [0.717, 1.165) is 13.1 Å². The highest BCUT2D eigenvalue weighted by atomic mass is 35.5. The van der Waals surface area contributed by atoms with Crippen molar-refractivity contribution in [1.82, 2.24) is 15.0 Å². The lowest BCUT2D eigenvalue weighted by Gasteiger charge is -2.20. The third kappa shape index (κ3) is 3.95. The second kappa shape index (κ2) is 7.22. The average Bonchev–Trinajstić information content (AvgIpc) is 2.94. The second-order valence-electron chi connectivity index (χ2n) is 4.67.